The summed E-state index contributed by atoms with van der Waals surface area (Å²) < 4.78 is 10.5. The van der Waals surface area contributed by atoms with Crippen LogP contribution in [0.2, 0.25) is 0 Å². The van der Waals surface area contributed by atoms with Gasteiger partial charge in [0.25, 0.3) is 5.91 Å². The van der Waals surface area contributed by atoms with Gasteiger partial charge in [0.15, 0.2) is 11.5 Å². The van der Waals surface area contributed by atoms with Crippen LogP contribution in [0.1, 0.15) is 30.1 Å². The van der Waals surface area contributed by atoms with Crippen molar-refractivity contribution < 1.29 is 14.3 Å². The first-order valence-corrected chi connectivity index (χ1v) is 7.15. The highest BCUT2D eigenvalue weighted by Gasteiger charge is 2.22. The summed E-state index contributed by atoms with van der Waals surface area (Å²) in [6.07, 6.45) is 2.34. The molecule has 0 saturated carbocycles. The number of hydrogen-bond donors (Lipinski definition) is 2. The fourth-order valence-corrected chi connectivity index (χ4v) is 2.75. The number of amides is 1. The molecular weight excluding hydrogens is 292 g/mol. The smallest absolute Gasteiger partial charge is 0.251 e. The summed E-state index contributed by atoms with van der Waals surface area (Å²) >= 11 is 0. The lowest BCUT2D eigenvalue weighted by Crippen LogP contribution is -2.44. The summed E-state index contributed by atoms with van der Waals surface area (Å²) in [5.74, 6) is 1.79. The van der Waals surface area contributed by atoms with Gasteiger partial charge >= 0.3 is 0 Å². The Morgan fingerprint density at radius 1 is 1.38 bits per heavy atom. The molecule has 2 heterocycles. The molecule has 0 aliphatic carbocycles. The van der Waals surface area contributed by atoms with Crippen LogP contribution in [0, 0.1) is 5.92 Å². The van der Waals surface area contributed by atoms with Gasteiger partial charge in [0.1, 0.15) is 0 Å². The van der Waals surface area contributed by atoms with Crippen LogP contribution in [0.5, 0.6) is 11.5 Å². The van der Waals surface area contributed by atoms with Crippen molar-refractivity contribution in [2.45, 2.75) is 25.8 Å². The van der Waals surface area contributed by atoms with Crippen LogP contribution in [0.25, 0.3) is 0 Å². The zero-order valence-corrected chi connectivity index (χ0v) is 12.9. The normalized spacial score (nSPS) is 21.3. The van der Waals surface area contributed by atoms with E-state index in [0.29, 0.717) is 23.0 Å². The largest absolute Gasteiger partial charge is 0.454 e. The Bertz CT molecular complexity index is 504. The molecule has 5 nitrogen and oxygen atoms in total. The minimum absolute atomic E-state index is 0. The van der Waals surface area contributed by atoms with E-state index in [1.807, 2.05) is 0 Å². The minimum Gasteiger partial charge on any atom is -0.454 e. The molecule has 0 aromatic heterocycles. The number of ether oxygens (including phenoxy) is 2. The quantitative estimate of drug-likeness (QED) is 0.895. The molecule has 6 heteroatoms. The molecule has 1 fully saturated rings. The number of rotatable bonds is 3. The van der Waals surface area contributed by atoms with Crippen LogP contribution in [0.15, 0.2) is 18.2 Å². The molecule has 21 heavy (non-hydrogen) atoms. The molecule has 0 radical (unpaired) electrons. The van der Waals surface area contributed by atoms with Crippen molar-refractivity contribution in [2.75, 3.05) is 19.9 Å². The van der Waals surface area contributed by atoms with Gasteiger partial charge in [-0.3, -0.25) is 4.79 Å². The first-order valence-electron chi connectivity index (χ1n) is 7.15. The minimum atomic E-state index is -0.0543. The number of benzene rings is 1. The molecule has 0 spiro atoms. The highest BCUT2D eigenvalue weighted by Crippen LogP contribution is 2.32. The van der Waals surface area contributed by atoms with Crippen molar-refractivity contribution in [3.63, 3.8) is 0 Å². The van der Waals surface area contributed by atoms with Gasteiger partial charge in [0, 0.05) is 11.6 Å². The standard InChI is InChI=1S/C15H20N2O3.ClH/c1-10(12-3-2-6-16-8-12)17-15(18)11-4-5-13-14(7-11)20-9-19-13;/h4-5,7,10,12,16H,2-3,6,8-9H2,1H3,(H,17,18);1H. The molecule has 1 aromatic rings. The summed E-state index contributed by atoms with van der Waals surface area (Å²) in [5.41, 5.74) is 0.616. The van der Waals surface area contributed by atoms with Crippen molar-refractivity contribution in [1.29, 1.82) is 0 Å². The number of carbonyl (C=O) groups excluding carboxylic acids is 1. The van der Waals surface area contributed by atoms with Crippen molar-refractivity contribution in [2.24, 2.45) is 5.92 Å². The Morgan fingerprint density at radius 3 is 2.95 bits per heavy atom. The van der Waals surface area contributed by atoms with Gasteiger partial charge in [0.05, 0.1) is 0 Å². The van der Waals surface area contributed by atoms with Gasteiger partial charge in [-0.2, -0.15) is 0 Å². The molecule has 1 amide bonds. The molecule has 2 N–H and O–H groups in total. The maximum atomic E-state index is 12.3. The summed E-state index contributed by atoms with van der Waals surface area (Å²) in [7, 11) is 0. The maximum Gasteiger partial charge on any atom is 0.251 e. The summed E-state index contributed by atoms with van der Waals surface area (Å²) in [6, 6.07) is 5.46. The fourth-order valence-electron chi connectivity index (χ4n) is 2.75. The van der Waals surface area contributed by atoms with Gasteiger partial charge < -0.3 is 20.1 Å². The van der Waals surface area contributed by atoms with E-state index in [4.69, 9.17) is 9.47 Å². The number of fused-ring (bicyclic) bond motifs is 1. The fraction of sp³-hybridized carbons (Fsp3) is 0.533. The molecule has 116 valence electrons. The van der Waals surface area contributed by atoms with E-state index in [2.05, 4.69) is 17.6 Å². The zero-order chi connectivity index (χ0) is 13.9. The van der Waals surface area contributed by atoms with Gasteiger partial charge in [-0.25, -0.2) is 0 Å². The van der Waals surface area contributed by atoms with Crippen molar-refractivity contribution >= 4 is 18.3 Å². The third-order valence-corrected chi connectivity index (χ3v) is 4.04. The highest BCUT2D eigenvalue weighted by molar-refractivity contribution is 5.95. The van der Waals surface area contributed by atoms with Gasteiger partial charge in [0.2, 0.25) is 6.79 Å². The molecule has 1 aromatic carbocycles. The number of piperidine rings is 1. The van der Waals surface area contributed by atoms with Crippen LogP contribution in [-0.4, -0.2) is 31.8 Å². The molecular formula is C15H21ClN2O3. The third kappa shape index (κ3) is 3.60. The van der Waals surface area contributed by atoms with Crippen molar-refractivity contribution in [3.8, 4) is 11.5 Å². The average Bonchev–Trinajstić information content (AvgIpc) is 2.95. The number of halogens is 1. The van der Waals surface area contributed by atoms with Crippen LogP contribution in [0.4, 0.5) is 0 Å². The lowest BCUT2D eigenvalue weighted by atomic mass is 9.92. The molecule has 0 bridgehead atoms. The van der Waals surface area contributed by atoms with E-state index in [9.17, 15) is 4.79 Å². The molecule has 3 rings (SSSR count). The summed E-state index contributed by atoms with van der Waals surface area (Å²) in [4.78, 5) is 12.3. The zero-order valence-electron chi connectivity index (χ0n) is 12.1. The van der Waals surface area contributed by atoms with Crippen LogP contribution < -0.4 is 20.1 Å². The topological polar surface area (TPSA) is 59.6 Å². The van der Waals surface area contributed by atoms with Crippen LogP contribution >= 0.6 is 12.4 Å². The van der Waals surface area contributed by atoms with E-state index in [1.165, 1.54) is 6.42 Å². The molecule has 2 unspecified atom stereocenters. The summed E-state index contributed by atoms with van der Waals surface area (Å²) in [6.45, 7) is 4.36. The highest BCUT2D eigenvalue weighted by atomic mass is 35.5. The van der Waals surface area contributed by atoms with E-state index < -0.39 is 0 Å². The second kappa shape index (κ2) is 7.00. The van der Waals surface area contributed by atoms with E-state index in [-0.39, 0.29) is 31.1 Å². The van der Waals surface area contributed by atoms with Crippen molar-refractivity contribution in [1.82, 2.24) is 10.6 Å². The van der Waals surface area contributed by atoms with Crippen LogP contribution in [-0.2, 0) is 0 Å². The predicted molar refractivity (Wildman–Crippen MR) is 82.3 cm³/mol. The predicted octanol–water partition coefficient (Wildman–Crippen LogP) is 1.95. The molecule has 1 saturated heterocycles. The molecule has 2 aliphatic rings. The van der Waals surface area contributed by atoms with Gasteiger partial charge in [-0.1, -0.05) is 0 Å². The van der Waals surface area contributed by atoms with Gasteiger partial charge in [-0.05, 0) is 57.0 Å². The average molecular weight is 313 g/mol. The van der Waals surface area contributed by atoms with Gasteiger partial charge in [-0.15, -0.1) is 12.4 Å². The number of hydrogen-bond acceptors (Lipinski definition) is 4. The third-order valence-electron chi connectivity index (χ3n) is 4.04. The van der Waals surface area contributed by atoms with Crippen LogP contribution in [0.3, 0.4) is 0 Å². The maximum absolute atomic E-state index is 12.3. The number of nitrogens with one attached hydrogen (secondary N) is 2. The first kappa shape index (κ1) is 15.9. The van der Waals surface area contributed by atoms with E-state index >= 15 is 0 Å². The van der Waals surface area contributed by atoms with Crippen molar-refractivity contribution in [3.05, 3.63) is 23.8 Å². The lowest BCUT2D eigenvalue weighted by Gasteiger charge is -2.28. The SMILES string of the molecule is CC(NC(=O)c1ccc2c(c1)OCO2)C1CCCNC1.Cl. The Labute approximate surface area is 130 Å². The second-order valence-corrected chi connectivity index (χ2v) is 5.44. The Morgan fingerprint density at radius 2 is 2.19 bits per heavy atom. The molecule has 2 aliphatic heterocycles. The number of carbonyl (C=O) groups is 1. The second-order valence-electron chi connectivity index (χ2n) is 5.44. The van der Waals surface area contributed by atoms with E-state index in [1.54, 1.807) is 18.2 Å². The lowest BCUT2D eigenvalue weighted by molar-refractivity contribution is 0.0921. The molecule has 2 atom stereocenters. The Balaban J connectivity index is 0.00000161. The van der Waals surface area contributed by atoms with E-state index in [0.717, 1.165) is 19.5 Å². The monoisotopic (exact) mass is 312 g/mol. The Hall–Kier alpha value is -1.46. The Kier molecular flexibility index (Phi) is 5.31. The first-order chi connectivity index (χ1) is 9.74. The summed E-state index contributed by atoms with van der Waals surface area (Å²) in [5, 5.41) is 6.46.